The first-order valence-corrected chi connectivity index (χ1v) is 9.92. The fraction of sp³-hybridized carbons (Fsp3) is 1.00. The van der Waals surface area contributed by atoms with Crippen LogP contribution >= 0.6 is 15.9 Å². The van der Waals surface area contributed by atoms with Gasteiger partial charge in [0, 0.05) is 5.33 Å². The van der Waals surface area contributed by atoms with Crippen molar-refractivity contribution >= 4 is 15.9 Å². The Labute approximate surface area is 131 Å². The van der Waals surface area contributed by atoms with Crippen molar-refractivity contribution in [2.24, 2.45) is 5.41 Å². The van der Waals surface area contributed by atoms with Crippen molar-refractivity contribution in [3.8, 4) is 0 Å². The molecule has 116 valence electrons. The normalized spacial score (nSPS) is 12.0. The largest absolute Gasteiger partial charge is 0.0928 e. The zero-order chi connectivity index (χ0) is 14.4. The van der Waals surface area contributed by atoms with Crippen LogP contribution in [0.4, 0.5) is 0 Å². The lowest BCUT2D eigenvalue weighted by Crippen LogP contribution is -2.17. The molecule has 0 fully saturated rings. The van der Waals surface area contributed by atoms with Crippen molar-refractivity contribution in [2.75, 3.05) is 5.33 Å². The summed E-state index contributed by atoms with van der Waals surface area (Å²) in [5.74, 6) is 0. The second-order valence-electron chi connectivity index (χ2n) is 6.18. The van der Waals surface area contributed by atoms with E-state index in [1.807, 2.05) is 0 Å². The molecule has 0 aromatic heterocycles. The first-order valence-electron chi connectivity index (χ1n) is 8.80. The molecular formula is C18H37Br. The molecule has 0 nitrogen and oxygen atoms in total. The summed E-state index contributed by atoms with van der Waals surface area (Å²) in [4.78, 5) is 0. The van der Waals surface area contributed by atoms with Gasteiger partial charge >= 0.3 is 0 Å². The van der Waals surface area contributed by atoms with Gasteiger partial charge in [0.05, 0.1) is 0 Å². The monoisotopic (exact) mass is 332 g/mol. The van der Waals surface area contributed by atoms with Gasteiger partial charge in [-0.1, -0.05) is 107 Å². The third-order valence-corrected chi connectivity index (χ3v) is 5.65. The fourth-order valence-corrected chi connectivity index (χ4v) is 3.51. The molecule has 0 saturated carbocycles. The molecule has 0 saturated heterocycles. The van der Waals surface area contributed by atoms with Crippen LogP contribution < -0.4 is 0 Å². The van der Waals surface area contributed by atoms with E-state index in [1.165, 1.54) is 88.8 Å². The van der Waals surface area contributed by atoms with Crippen LogP contribution in [0, 0.1) is 5.41 Å². The molecule has 0 spiro atoms. The molecule has 0 heterocycles. The molecule has 0 bridgehead atoms. The highest BCUT2D eigenvalue weighted by molar-refractivity contribution is 9.09. The van der Waals surface area contributed by atoms with E-state index in [9.17, 15) is 0 Å². The van der Waals surface area contributed by atoms with Crippen molar-refractivity contribution in [3.05, 3.63) is 0 Å². The Hall–Kier alpha value is 0.480. The first-order chi connectivity index (χ1) is 9.24. The maximum absolute atomic E-state index is 3.49. The number of alkyl halides is 1. The molecule has 0 rings (SSSR count). The zero-order valence-corrected chi connectivity index (χ0v) is 15.4. The Bertz CT molecular complexity index is 164. The summed E-state index contributed by atoms with van der Waals surface area (Å²) < 4.78 is 0. The minimum atomic E-state index is 0.662. The Morgan fingerprint density at radius 1 is 0.579 bits per heavy atom. The molecular weight excluding hydrogens is 296 g/mol. The predicted molar refractivity (Wildman–Crippen MR) is 93.3 cm³/mol. The summed E-state index contributed by atoms with van der Waals surface area (Å²) in [5, 5.41) is 1.18. The van der Waals surface area contributed by atoms with Gasteiger partial charge in [-0.15, -0.1) is 0 Å². The summed E-state index contributed by atoms with van der Waals surface area (Å²) in [5.41, 5.74) is 0.662. The molecule has 0 aromatic carbocycles. The highest BCUT2D eigenvalue weighted by Crippen LogP contribution is 2.36. The Morgan fingerprint density at radius 3 is 1.32 bits per heavy atom. The minimum absolute atomic E-state index is 0.662. The molecule has 0 radical (unpaired) electrons. The van der Waals surface area contributed by atoms with Crippen LogP contribution in [-0.2, 0) is 0 Å². The second-order valence-corrected chi connectivity index (χ2v) is 6.97. The first kappa shape index (κ1) is 19.5. The van der Waals surface area contributed by atoms with Crippen molar-refractivity contribution < 1.29 is 0 Å². The topological polar surface area (TPSA) is 0 Å². The predicted octanol–water partition coefficient (Wildman–Crippen LogP) is 7.50. The lowest BCUT2D eigenvalue weighted by Gasteiger charge is -2.30. The van der Waals surface area contributed by atoms with Crippen LogP contribution in [0.3, 0.4) is 0 Å². The van der Waals surface area contributed by atoms with Crippen molar-refractivity contribution in [1.29, 1.82) is 0 Å². The van der Waals surface area contributed by atoms with Crippen LogP contribution in [0.2, 0.25) is 0 Å². The quantitative estimate of drug-likeness (QED) is 0.228. The van der Waals surface area contributed by atoms with E-state index in [-0.39, 0.29) is 0 Å². The summed E-state index contributed by atoms with van der Waals surface area (Å²) in [6.45, 7) is 7.12. The molecule has 0 N–H and O–H groups in total. The van der Waals surface area contributed by atoms with Gasteiger partial charge in [0.25, 0.3) is 0 Å². The number of halogens is 1. The highest BCUT2D eigenvalue weighted by atomic mass is 79.9. The van der Waals surface area contributed by atoms with E-state index in [0.717, 1.165) is 0 Å². The molecule has 0 aliphatic rings. The van der Waals surface area contributed by atoms with Crippen LogP contribution in [0.5, 0.6) is 0 Å². The molecule has 0 atom stereocenters. The number of unbranched alkanes of at least 4 members (excludes halogenated alkanes) is 8. The lowest BCUT2D eigenvalue weighted by molar-refractivity contribution is 0.220. The van der Waals surface area contributed by atoms with E-state index in [4.69, 9.17) is 0 Å². The minimum Gasteiger partial charge on any atom is -0.0928 e. The maximum atomic E-state index is 3.49. The van der Waals surface area contributed by atoms with Gasteiger partial charge in [-0.05, 0) is 18.3 Å². The number of rotatable bonds is 14. The highest BCUT2D eigenvalue weighted by Gasteiger charge is 2.22. The molecule has 0 aliphatic heterocycles. The van der Waals surface area contributed by atoms with Crippen molar-refractivity contribution in [2.45, 2.75) is 104 Å². The fourth-order valence-electron chi connectivity index (χ4n) is 3.11. The Balaban J connectivity index is 3.35. The Morgan fingerprint density at radius 2 is 0.947 bits per heavy atom. The third kappa shape index (κ3) is 9.93. The third-order valence-electron chi connectivity index (χ3n) is 5.09. The molecule has 0 amide bonds. The summed E-state index contributed by atoms with van der Waals surface area (Å²) in [6.07, 6.45) is 18.5. The standard InChI is InChI=1S/C18H37Br/c1-4-18(5-2,6-3)16-14-12-10-8-7-9-11-13-15-17-19/h4-17H2,1-3H3. The van der Waals surface area contributed by atoms with Gasteiger partial charge in [0.1, 0.15) is 0 Å². The smallest absolute Gasteiger partial charge is 0.00313 e. The van der Waals surface area contributed by atoms with Gasteiger partial charge in [0.15, 0.2) is 0 Å². The molecule has 0 unspecified atom stereocenters. The second kappa shape index (κ2) is 13.5. The van der Waals surface area contributed by atoms with Crippen molar-refractivity contribution in [3.63, 3.8) is 0 Å². The van der Waals surface area contributed by atoms with E-state index >= 15 is 0 Å². The van der Waals surface area contributed by atoms with E-state index in [0.29, 0.717) is 5.41 Å². The van der Waals surface area contributed by atoms with E-state index in [2.05, 4.69) is 36.7 Å². The zero-order valence-electron chi connectivity index (χ0n) is 13.8. The summed E-state index contributed by atoms with van der Waals surface area (Å²) >= 11 is 3.49. The van der Waals surface area contributed by atoms with Crippen LogP contribution in [0.25, 0.3) is 0 Å². The summed E-state index contributed by atoms with van der Waals surface area (Å²) in [7, 11) is 0. The molecule has 19 heavy (non-hydrogen) atoms. The SMILES string of the molecule is CCC(CC)(CC)CCCCCCCCCCCBr. The van der Waals surface area contributed by atoms with Crippen LogP contribution in [-0.4, -0.2) is 5.33 Å². The van der Waals surface area contributed by atoms with Gasteiger partial charge < -0.3 is 0 Å². The van der Waals surface area contributed by atoms with Crippen molar-refractivity contribution in [1.82, 2.24) is 0 Å². The van der Waals surface area contributed by atoms with Gasteiger partial charge in [-0.25, -0.2) is 0 Å². The van der Waals surface area contributed by atoms with E-state index in [1.54, 1.807) is 0 Å². The molecule has 0 aromatic rings. The molecule has 0 aliphatic carbocycles. The summed E-state index contributed by atoms with van der Waals surface area (Å²) in [6, 6.07) is 0. The average Bonchev–Trinajstić information content (AvgIpc) is 2.46. The van der Waals surface area contributed by atoms with E-state index < -0.39 is 0 Å². The van der Waals surface area contributed by atoms with Crippen LogP contribution in [0.15, 0.2) is 0 Å². The number of hydrogen-bond acceptors (Lipinski definition) is 0. The van der Waals surface area contributed by atoms with Gasteiger partial charge in [-0.3, -0.25) is 0 Å². The van der Waals surface area contributed by atoms with Crippen LogP contribution in [0.1, 0.15) is 104 Å². The molecule has 1 heteroatoms. The van der Waals surface area contributed by atoms with Gasteiger partial charge in [0.2, 0.25) is 0 Å². The lowest BCUT2D eigenvalue weighted by atomic mass is 9.75. The maximum Gasteiger partial charge on any atom is 0.00313 e. The Kier molecular flexibility index (Phi) is 13.8. The average molecular weight is 333 g/mol. The van der Waals surface area contributed by atoms with Gasteiger partial charge in [-0.2, -0.15) is 0 Å². The number of hydrogen-bond donors (Lipinski definition) is 0.